The van der Waals surface area contributed by atoms with Crippen molar-refractivity contribution in [1.29, 1.82) is 0 Å². The van der Waals surface area contributed by atoms with Crippen molar-refractivity contribution in [3.63, 3.8) is 0 Å². The topological polar surface area (TPSA) is 51.6 Å². The van der Waals surface area contributed by atoms with Crippen molar-refractivity contribution < 1.29 is 23.4 Å². The van der Waals surface area contributed by atoms with Crippen molar-refractivity contribution in [3.05, 3.63) is 95.2 Å². The van der Waals surface area contributed by atoms with Gasteiger partial charge in [-0.1, -0.05) is 30.3 Å². The lowest BCUT2D eigenvalue weighted by Gasteiger charge is -2.11. The van der Waals surface area contributed by atoms with Gasteiger partial charge in [0.05, 0.1) is 5.69 Å². The number of aryl methyl sites for hydroxylation is 1. The van der Waals surface area contributed by atoms with E-state index in [1.807, 2.05) is 19.1 Å². The fourth-order valence-corrected chi connectivity index (χ4v) is 3.09. The van der Waals surface area contributed by atoms with Crippen LogP contribution in [0.2, 0.25) is 0 Å². The summed E-state index contributed by atoms with van der Waals surface area (Å²) in [5, 5.41) is 10.5. The largest absolute Gasteiger partial charge is 0.507 e. The van der Waals surface area contributed by atoms with E-state index in [1.54, 1.807) is 42.5 Å². The normalized spacial score (nSPS) is 10.9. The number of pyridine rings is 1. The molecular formula is C24H19F2NO3. The number of hydrogen-bond donors (Lipinski definition) is 1. The van der Waals surface area contributed by atoms with E-state index in [0.717, 1.165) is 11.6 Å². The molecule has 0 aliphatic heterocycles. The summed E-state index contributed by atoms with van der Waals surface area (Å²) in [5.74, 6) is 0.0199. The molecule has 30 heavy (non-hydrogen) atoms. The van der Waals surface area contributed by atoms with Gasteiger partial charge in [0.15, 0.2) is 5.82 Å². The third-order valence-electron chi connectivity index (χ3n) is 4.68. The van der Waals surface area contributed by atoms with Crippen LogP contribution in [0.4, 0.5) is 8.78 Å². The highest BCUT2D eigenvalue weighted by Gasteiger charge is 2.08. The van der Waals surface area contributed by atoms with Crippen LogP contribution in [0.3, 0.4) is 0 Å². The Labute approximate surface area is 172 Å². The van der Waals surface area contributed by atoms with Gasteiger partial charge in [0.2, 0.25) is 0 Å². The highest BCUT2D eigenvalue weighted by Crippen LogP contribution is 2.25. The predicted molar refractivity (Wildman–Crippen MR) is 110 cm³/mol. The number of benzene rings is 3. The second kappa shape index (κ2) is 8.37. The standard InChI is InChI=1S/C24H19F2NO3/c1-15-4-2-5-17(24(15)28)13-29-20-6-3-7-21(12-20)30-14-19-9-8-16-10-18(25)11-22(26)23(16)27-19/h2-12,28H,13-14H2,1H3. The lowest BCUT2D eigenvalue weighted by Crippen LogP contribution is -2.00. The summed E-state index contributed by atoms with van der Waals surface area (Å²) in [6, 6.07) is 17.9. The Morgan fingerprint density at radius 2 is 1.60 bits per heavy atom. The van der Waals surface area contributed by atoms with E-state index in [1.165, 1.54) is 6.07 Å². The fourth-order valence-electron chi connectivity index (χ4n) is 3.09. The number of aromatic nitrogens is 1. The van der Waals surface area contributed by atoms with Crippen molar-refractivity contribution in [2.75, 3.05) is 0 Å². The molecule has 0 saturated carbocycles. The van der Waals surface area contributed by atoms with Gasteiger partial charge in [-0.2, -0.15) is 0 Å². The number of rotatable bonds is 6. The molecule has 152 valence electrons. The van der Waals surface area contributed by atoms with Gasteiger partial charge in [0, 0.05) is 23.1 Å². The number of nitrogens with zero attached hydrogens (tertiary/aromatic N) is 1. The van der Waals surface area contributed by atoms with Crippen LogP contribution in [0.15, 0.2) is 66.7 Å². The Morgan fingerprint density at radius 1 is 0.867 bits per heavy atom. The van der Waals surface area contributed by atoms with E-state index in [-0.39, 0.29) is 24.5 Å². The van der Waals surface area contributed by atoms with Gasteiger partial charge in [-0.05, 0) is 36.8 Å². The van der Waals surface area contributed by atoms with Crippen molar-refractivity contribution in [1.82, 2.24) is 4.98 Å². The minimum Gasteiger partial charge on any atom is -0.507 e. The van der Waals surface area contributed by atoms with Gasteiger partial charge in [0.25, 0.3) is 0 Å². The zero-order valence-corrected chi connectivity index (χ0v) is 16.2. The molecular weight excluding hydrogens is 388 g/mol. The molecule has 0 spiro atoms. The molecule has 0 amide bonds. The maximum absolute atomic E-state index is 13.9. The number of phenolic OH excluding ortho intramolecular Hbond substituents is 1. The summed E-state index contributed by atoms with van der Waals surface area (Å²) in [6.45, 7) is 2.17. The first-order valence-electron chi connectivity index (χ1n) is 9.37. The number of hydrogen-bond acceptors (Lipinski definition) is 4. The van der Waals surface area contributed by atoms with Crippen LogP contribution in [-0.4, -0.2) is 10.1 Å². The molecule has 0 saturated heterocycles. The number of aromatic hydroxyl groups is 1. The molecule has 4 rings (SSSR count). The molecule has 4 aromatic rings. The van der Waals surface area contributed by atoms with E-state index in [4.69, 9.17) is 9.47 Å². The number of fused-ring (bicyclic) bond motifs is 1. The Balaban J connectivity index is 1.43. The minimum absolute atomic E-state index is 0.104. The Morgan fingerprint density at radius 3 is 2.40 bits per heavy atom. The van der Waals surface area contributed by atoms with Crippen LogP contribution in [0.5, 0.6) is 17.2 Å². The molecule has 0 aliphatic carbocycles. The average Bonchev–Trinajstić information content (AvgIpc) is 2.74. The zero-order chi connectivity index (χ0) is 21.1. The molecule has 0 aliphatic rings. The smallest absolute Gasteiger partial charge is 0.152 e. The SMILES string of the molecule is Cc1cccc(COc2cccc(OCc3ccc4cc(F)cc(F)c4n3)c2)c1O. The van der Waals surface area contributed by atoms with Crippen LogP contribution in [0.1, 0.15) is 16.8 Å². The summed E-state index contributed by atoms with van der Waals surface area (Å²) < 4.78 is 38.8. The molecule has 6 heteroatoms. The quantitative estimate of drug-likeness (QED) is 0.446. The fraction of sp³-hybridized carbons (Fsp3) is 0.125. The monoisotopic (exact) mass is 407 g/mol. The van der Waals surface area contributed by atoms with Crippen LogP contribution in [-0.2, 0) is 13.2 Å². The first kappa shape index (κ1) is 19.6. The van der Waals surface area contributed by atoms with E-state index < -0.39 is 11.6 Å². The maximum Gasteiger partial charge on any atom is 0.152 e. The molecule has 0 radical (unpaired) electrons. The van der Waals surface area contributed by atoms with Gasteiger partial charge >= 0.3 is 0 Å². The second-order valence-corrected chi connectivity index (χ2v) is 6.90. The van der Waals surface area contributed by atoms with Gasteiger partial charge in [-0.3, -0.25) is 0 Å². The van der Waals surface area contributed by atoms with Gasteiger partial charge < -0.3 is 14.6 Å². The van der Waals surface area contributed by atoms with Gasteiger partial charge in [-0.15, -0.1) is 0 Å². The Bertz CT molecular complexity index is 1210. The first-order chi connectivity index (χ1) is 14.5. The first-order valence-corrected chi connectivity index (χ1v) is 9.37. The number of phenols is 1. The minimum atomic E-state index is -0.707. The zero-order valence-electron chi connectivity index (χ0n) is 16.2. The van der Waals surface area contributed by atoms with Crippen molar-refractivity contribution in [3.8, 4) is 17.2 Å². The third-order valence-corrected chi connectivity index (χ3v) is 4.68. The Kier molecular flexibility index (Phi) is 5.48. The lowest BCUT2D eigenvalue weighted by molar-refractivity contribution is 0.284. The van der Waals surface area contributed by atoms with Crippen LogP contribution in [0, 0.1) is 18.6 Å². The van der Waals surface area contributed by atoms with Crippen molar-refractivity contribution in [2.45, 2.75) is 20.1 Å². The van der Waals surface area contributed by atoms with Crippen molar-refractivity contribution in [2.24, 2.45) is 0 Å². The second-order valence-electron chi connectivity index (χ2n) is 6.90. The molecule has 0 fully saturated rings. The summed E-state index contributed by atoms with van der Waals surface area (Å²) in [5.41, 5.74) is 2.10. The predicted octanol–water partition coefficient (Wildman–Crippen LogP) is 5.69. The summed E-state index contributed by atoms with van der Waals surface area (Å²) in [7, 11) is 0. The van der Waals surface area contributed by atoms with E-state index in [9.17, 15) is 13.9 Å². The summed E-state index contributed by atoms with van der Waals surface area (Å²) in [4.78, 5) is 4.22. The van der Waals surface area contributed by atoms with Crippen molar-refractivity contribution >= 4 is 10.9 Å². The molecule has 1 N–H and O–H groups in total. The average molecular weight is 407 g/mol. The van der Waals surface area contributed by atoms with Crippen LogP contribution >= 0.6 is 0 Å². The number of halogens is 2. The van der Waals surface area contributed by atoms with Crippen LogP contribution in [0.25, 0.3) is 10.9 Å². The van der Waals surface area contributed by atoms with Gasteiger partial charge in [-0.25, -0.2) is 13.8 Å². The van der Waals surface area contributed by atoms with E-state index in [2.05, 4.69) is 4.98 Å². The highest BCUT2D eigenvalue weighted by molar-refractivity contribution is 5.79. The summed E-state index contributed by atoms with van der Waals surface area (Å²) >= 11 is 0. The Hall–Kier alpha value is -3.67. The molecule has 0 bridgehead atoms. The lowest BCUT2D eigenvalue weighted by atomic mass is 10.1. The third kappa shape index (κ3) is 4.33. The van der Waals surface area contributed by atoms with E-state index >= 15 is 0 Å². The molecule has 3 aromatic carbocycles. The highest BCUT2D eigenvalue weighted by atomic mass is 19.1. The summed E-state index contributed by atoms with van der Waals surface area (Å²) in [6.07, 6.45) is 0. The molecule has 1 heterocycles. The van der Waals surface area contributed by atoms with Crippen LogP contribution < -0.4 is 9.47 Å². The van der Waals surface area contributed by atoms with Gasteiger partial charge in [0.1, 0.15) is 41.8 Å². The van der Waals surface area contributed by atoms with E-state index in [0.29, 0.717) is 28.1 Å². The molecule has 0 unspecified atom stereocenters. The molecule has 0 atom stereocenters. The molecule has 4 nitrogen and oxygen atoms in total. The number of para-hydroxylation sites is 1. The number of ether oxygens (including phenoxy) is 2. The molecule has 1 aromatic heterocycles. The maximum atomic E-state index is 13.9.